The van der Waals surface area contributed by atoms with Crippen molar-refractivity contribution >= 4 is 5.91 Å². The number of carbonyl (C=O) groups excluding carboxylic acids is 1. The van der Waals surface area contributed by atoms with Crippen LogP contribution in [-0.4, -0.2) is 36.0 Å². The Hall–Kier alpha value is -0.830. The van der Waals surface area contributed by atoms with E-state index in [-0.39, 0.29) is 5.91 Å². The quantitative estimate of drug-likeness (QED) is 0.618. The van der Waals surface area contributed by atoms with Crippen LogP contribution >= 0.6 is 0 Å². The molecule has 1 fully saturated rings. The molecule has 68 valence electrons. The predicted molar refractivity (Wildman–Crippen MR) is 48.8 cm³/mol. The molecule has 0 atom stereocenters. The molecule has 0 saturated carbocycles. The minimum Gasteiger partial charge on any atom is -0.336 e. The van der Waals surface area contributed by atoms with Crippen LogP contribution in [0.25, 0.3) is 0 Å². The number of nitrogens with zero attached hydrogens (tertiary/aromatic N) is 1. The predicted octanol–water partition coefficient (Wildman–Crippen LogP) is 0.381. The first-order valence-corrected chi connectivity index (χ1v) is 4.31. The van der Waals surface area contributed by atoms with Gasteiger partial charge in [-0.15, -0.1) is 0 Å². The van der Waals surface area contributed by atoms with Gasteiger partial charge in [0.05, 0.1) is 0 Å². The number of hydrogen-bond acceptors (Lipinski definition) is 2. The average Bonchev–Trinajstić information content (AvgIpc) is 1.94. The molecule has 1 saturated heterocycles. The van der Waals surface area contributed by atoms with E-state index in [1.165, 1.54) is 6.08 Å². The van der Waals surface area contributed by atoms with Crippen LogP contribution in [0, 0.1) is 0 Å². The normalized spacial score (nSPS) is 17.8. The lowest BCUT2D eigenvalue weighted by molar-refractivity contribution is -0.130. The lowest BCUT2D eigenvalue weighted by Crippen LogP contribution is -2.60. The summed E-state index contributed by atoms with van der Waals surface area (Å²) in [5.74, 6) is 0.0387. The molecule has 1 aliphatic rings. The topological polar surface area (TPSA) is 32.3 Å². The van der Waals surface area contributed by atoms with Gasteiger partial charge in [0.25, 0.3) is 0 Å². The van der Waals surface area contributed by atoms with E-state index in [1.807, 2.05) is 0 Å². The van der Waals surface area contributed by atoms with E-state index < -0.39 is 0 Å². The summed E-state index contributed by atoms with van der Waals surface area (Å²) in [6.45, 7) is 9.30. The third-order valence-corrected chi connectivity index (χ3v) is 1.94. The molecule has 0 unspecified atom stereocenters. The van der Waals surface area contributed by atoms with E-state index >= 15 is 0 Å². The molecule has 1 aliphatic heterocycles. The Labute approximate surface area is 73.4 Å². The fraction of sp³-hybridized carbons (Fsp3) is 0.667. The highest BCUT2D eigenvalue weighted by atomic mass is 16.2. The first-order valence-electron chi connectivity index (χ1n) is 4.31. The molecule has 1 rings (SSSR count). The van der Waals surface area contributed by atoms with Gasteiger partial charge in [0.2, 0.25) is 5.91 Å². The van der Waals surface area contributed by atoms with Gasteiger partial charge in [0, 0.05) is 25.2 Å². The molecule has 3 nitrogen and oxygen atoms in total. The van der Waals surface area contributed by atoms with E-state index in [0.717, 1.165) is 13.1 Å². The second-order valence-electron chi connectivity index (χ2n) is 3.47. The summed E-state index contributed by atoms with van der Waals surface area (Å²) in [5.41, 5.74) is 0. The van der Waals surface area contributed by atoms with Gasteiger partial charge in [-0.1, -0.05) is 20.4 Å². The van der Waals surface area contributed by atoms with E-state index in [2.05, 4.69) is 25.7 Å². The Bertz CT molecular complexity index is 183. The summed E-state index contributed by atoms with van der Waals surface area (Å²) in [7, 11) is 0. The average molecular weight is 168 g/mol. The Morgan fingerprint density at radius 3 is 2.67 bits per heavy atom. The van der Waals surface area contributed by atoms with Crippen LogP contribution in [0.4, 0.5) is 0 Å². The van der Waals surface area contributed by atoms with Gasteiger partial charge in [-0.05, 0) is 6.08 Å². The molecule has 0 spiro atoms. The maximum absolute atomic E-state index is 11.0. The molecule has 12 heavy (non-hydrogen) atoms. The van der Waals surface area contributed by atoms with Crippen molar-refractivity contribution in [3.63, 3.8) is 0 Å². The number of likely N-dealkylation sites (tertiary alicyclic amines) is 1. The zero-order chi connectivity index (χ0) is 9.14. The van der Waals surface area contributed by atoms with Crippen LogP contribution in [0.2, 0.25) is 0 Å². The minimum absolute atomic E-state index is 0.0387. The summed E-state index contributed by atoms with van der Waals surface area (Å²) < 4.78 is 0. The Balaban J connectivity index is 2.19. The number of carbonyl (C=O) groups is 1. The Kier molecular flexibility index (Phi) is 2.87. The molecule has 1 N–H and O–H groups in total. The largest absolute Gasteiger partial charge is 0.336 e. The third kappa shape index (κ3) is 2.08. The molecular formula is C9H16N2O. The van der Waals surface area contributed by atoms with E-state index in [1.54, 1.807) is 4.90 Å². The van der Waals surface area contributed by atoms with Gasteiger partial charge in [-0.2, -0.15) is 0 Å². The fourth-order valence-electron chi connectivity index (χ4n) is 1.36. The zero-order valence-corrected chi connectivity index (χ0v) is 7.71. The van der Waals surface area contributed by atoms with Crippen molar-refractivity contribution in [2.45, 2.75) is 25.9 Å². The highest BCUT2D eigenvalue weighted by Crippen LogP contribution is 2.08. The number of nitrogens with one attached hydrogen (secondary N) is 1. The van der Waals surface area contributed by atoms with E-state index in [4.69, 9.17) is 0 Å². The van der Waals surface area contributed by atoms with Gasteiger partial charge in [0.15, 0.2) is 0 Å². The number of amides is 1. The van der Waals surface area contributed by atoms with Crippen LogP contribution < -0.4 is 5.32 Å². The molecule has 0 aliphatic carbocycles. The van der Waals surface area contributed by atoms with Crippen molar-refractivity contribution in [2.75, 3.05) is 13.1 Å². The first kappa shape index (κ1) is 9.26. The van der Waals surface area contributed by atoms with Crippen LogP contribution in [0.3, 0.4) is 0 Å². The summed E-state index contributed by atoms with van der Waals surface area (Å²) in [5, 5.41) is 3.36. The Morgan fingerprint density at radius 1 is 1.67 bits per heavy atom. The first-order chi connectivity index (χ1) is 5.63. The molecule has 0 bridgehead atoms. The lowest BCUT2D eigenvalue weighted by atomic mass is 10.1. The molecule has 1 amide bonds. The second-order valence-corrected chi connectivity index (χ2v) is 3.47. The van der Waals surface area contributed by atoms with Crippen molar-refractivity contribution in [1.82, 2.24) is 10.2 Å². The summed E-state index contributed by atoms with van der Waals surface area (Å²) in [6, 6.07) is 0.977. The van der Waals surface area contributed by atoms with Gasteiger partial charge in [-0.3, -0.25) is 4.79 Å². The van der Waals surface area contributed by atoms with Gasteiger partial charge >= 0.3 is 0 Å². The molecule has 0 aromatic heterocycles. The zero-order valence-electron chi connectivity index (χ0n) is 7.71. The van der Waals surface area contributed by atoms with Crippen molar-refractivity contribution in [3.05, 3.63) is 12.7 Å². The fourth-order valence-corrected chi connectivity index (χ4v) is 1.36. The maximum atomic E-state index is 11.0. The third-order valence-electron chi connectivity index (χ3n) is 1.94. The van der Waals surface area contributed by atoms with Crippen molar-refractivity contribution < 1.29 is 4.79 Å². The molecule has 1 heterocycles. The molecule has 0 aromatic carbocycles. The smallest absolute Gasteiger partial charge is 0.246 e. The maximum Gasteiger partial charge on any atom is 0.246 e. The molecule has 3 heteroatoms. The van der Waals surface area contributed by atoms with E-state index in [0.29, 0.717) is 12.1 Å². The van der Waals surface area contributed by atoms with E-state index in [9.17, 15) is 4.79 Å². The highest BCUT2D eigenvalue weighted by Gasteiger charge is 2.28. The molecule has 0 radical (unpaired) electrons. The SMILES string of the molecule is C=CC(=O)N1CC(NC(C)C)C1. The van der Waals surface area contributed by atoms with Gasteiger partial charge in [-0.25, -0.2) is 0 Å². The lowest BCUT2D eigenvalue weighted by Gasteiger charge is -2.40. The molecule has 0 aromatic rings. The van der Waals surface area contributed by atoms with Crippen molar-refractivity contribution in [1.29, 1.82) is 0 Å². The van der Waals surface area contributed by atoms with Gasteiger partial charge in [0.1, 0.15) is 0 Å². The number of rotatable bonds is 3. The highest BCUT2D eigenvalue weighted by molar-refractivity contribution is 5.87. The monoisotopic (exact) mass is 168 g/mol. The van der Waals surface area contributed by atoms with Crippen LogP contribution in [0.1, 0.15) is 13.8 Å². The second kappa shape index (κ2) is 3.72. The molecular weight excluding hydrogens is 152 g/mol. The summed E-state index contributed by atoms with van der Waals surface area (Å²) >= 11 is 0. The number of hydrogen-bond donors (Lipinski definition) is 1. The van der Waals surface area contributed by atoms with Crippen LogP contribution in [0.5, 0.6) is 0 Å². The van der Waals surface area contributed by atoms with Gasteiger partial charge < -0.3 is 10.2 Å². The standard InChI is InChI=1S/C9H16N2O/c1-4-9(12)11-5-8(6-11)10-7(2)3/h4,7-8,10H,1,5-6H2,2-3H3. The van der Waals surface area contributed by atoms with Crippen molar-refractivity contribution in [3.8, 4) is 0 Å². The van der Waals surface area contributed by atoms with Crippen LogP contribution in [0.15, 0.2) is 12.7 Å². The minimum atomic E-state index is 0.0387. The summed E-state index contributed by atoms with van der Waals surface area (Å²) in [4.78, 5) is 12.8. The van der Waals surface area contributed by atoms with Crippen LogP contribution in [-0.2, 0) is 4.79 Å². The summed E-state index contributed by atoms with van der Waals surface area (Å²) in [6.07, 6.45) is 1.37. The Morgan fingerprint density at radius 2 is 2.25 bits per heavy atom. The van der Waals surface area contributed by atoms with Crippen molar-refractivity contribution in [2.24, 2.45) is 0 Å².